The average Bonchev–Trinajstić information content (AvgIpc) is 2.15. The molecule has 1 aromatic carbocycles. The summed E-state index contributed by atoms with van der Waals surface area (Å²) in [5.41, 5.74) is 0.793. The summed E-state index contributed by atoms with van der Waals surface area (Å²) in [6, 6.07) is 5.81. The van der Waals surface area contributed by atoms with Gasteiger partial charge in [0, 0.05) is 21.4 Å². The van der Waals surface area contributed by atoms with Gasteiger partial charge in [0.25, 0.3) is 0 Å². The Morgan fingerprint density at radius 1 is 1.46 bits per heavy atom. The molecule has 0 N–H and O–H groups in total. The van der Waals surface area contributed by atoms with Crippen molar-refractivity contribution in [2.75, 3.05) is 6.26 Å². The van der Waals surface area contributed by atoms with E-state index in [1.54, 1.807) is 11.8 Å². The van der Waals surface area contributed by atoms with Crippen LogP contribution in [-0.2, 0) is 0 Å². The van der Waals surface area contributed by atoms with Crippen LogP contribution in [0.5, 0.6) is 0 Å². The van der Waals surface area contributed by atoms with Crippen LogP contribution in [0.25, 0.3) is 0 Å². The van der Waals surface area contributed by atoms with Gasteiger partial charge in [0.05, 0.1) is 0 Å². The molecule has 1 nitrogen and oxygen atoms in total. The topological polar surface area (TPSA) is 17.1 Å². The molecule has 0 saturated heterocycles. The standard InChI is InChI=1S/C10H11BrOS/c1-3-10(12)7-4-8(11)6-9(5-7)13-2/h4-6H,3H2,1-2H3. The lowest BCUT2D eigenvalue weighted by Crippen LogP contribution is -1.96. The molecule has 70 valence electrons. The van der Waals surface area contributed by atoms with Gasteiger partial charge >= 0.3 is 0 Å². The number of halogens is 1. The van der Waals surface area contributed by atoms with Gasteiger partial charge in [-0.1, -0.05) is 22.9 Å². The van der Waals surface area contributed by atoms with Gasteiger partial charge in [-0.25, -0.2) is 0 Å². The first-order chi connectivity index (χ1) is 6.17. The number of rotatable bonds is 3. The first-order valence-corrected chi connectivity index (χ1v) is 6.07. The second-order valence-corrected chi connectivity index (χ2v) is 4.45. The summed E-state index contributed by atoms with van der Waals surface area (Å²) in [5, 5.41) is 0. The summed E-state index contributed by atoms with van der Waals surface area (Å²) < 4.78 is 0.969. The minimum absolute atomic E-state index is 0.191. The first kappa shape index (κ1) is 10.8. The van der Waals surface area contributed by atoms with Crippen LogP contribution in [0, 0.1) is 0 Å². The fraction of sp³-hybridized carbons (Fsp3) is 0.300. The van der Waals surface area contributed by atoms with Gasteiger partial charge in [0.2, 0.25) is 0 Å². The van der Waals surface area contributed by atoms with Gasteiger partial charge in [-0.2, -0.15) is 0 Å². The summed E-state index contributed by atoms with van der Waals surface area (Å²) >= 11 is 5.03. The van der Waals surface area contributed by atoms with Crippen molar-refractivity contribution in [1.29, 1.82) is 0 Å². The molecule has 13 heavy (non-hydrogen) atoms. The first-order valence-electron chi connectivity index (χ1n) is 4.05. The zero-order chi connectivity index (χ0) is 9.84. The van der Waals surface area contributed by atoms with Crippen LogP contribution in [0.2, 0.25) is 0 Å². The Hall–Kier alpha value is -0.280. The number of Topliss-reactive ketones (excluding diaryl/α,β-unsaturated/α-hetero) is 1. The third-order valence-corrected chi connectivity index (χ3v) is 2.92. The molecule has 0 radical (unpaired) electrons. The third-order valence-electron chi connectivity index (χ3n) is 1.75. The molecular weight excluding hydrogens is 248 g/mol. The highest BCUT2D eigenvalue weighted by molar-refractivity contribution is 9.10. The zero-order valence-electron chi connectivity index (χ0n) is 7.63. The second-order valence-electron chi connectivity index (χ2n) is 2.66. The van der Waals surface area contributed by atoms with Gasteiger partial charge in [-0.05, 0) is 24.5 Å². The molecule has 0 heterocycles. The van der Waals surface area contributed by atoms with E-state index in [1.807, 2.05) is 31.4 Å². The highest BCUT2D eigenvalue weighted by Gasteiger charge is 2.05. The van der Waals surface area contributed by atoms with Gasteiger partial charge in [0.15, 0.2) is 5.78 Å². The number of benzene rings is 1. The molecule has 1 rings (SSSR count). The minimum atomic E-state index is 0.191. The Labute approximate surface area is 91.0 Å². The highest BCUT2D eigenvalue weighted by Crippen LogP contribution is 2.23. The highest BCUT2D eigenvalue weighted by atomic mass is 79.9. The van der Waals surface area contributed by atoms with E-state index < -0.39 is 0 Å². The molecule has 0 bridgehead atoms. The third kappa shape index (κ3) is 2.85. The van der Waals surface area contributed by atoms with E-state index in [4.69, 9.17) is 0 Å². The lowest BCUT2D eigenvalue weighted by molar-refractivity contribution is 0.0988. The van der Waals surface area contributed by atoms with Crippen LogP contribution in [0.3, 0.4) is 0 Å². The second kappa shape index (κ2) is 4.82. The predicted molar refractivity (Wildman–Crippen MR) is 60.5 cm³/mol. The summed E-state index contributed by atoms with van der Waals surface area (Å²) in [7, 11) is 0. The predicted octanol–water partition coefficient (Wildman–Crippen LogP) is 3.76. The van der Waals surface area contributed by atoms with E-state index in [0.717, 1.165) is 14.9 Å². The van der Waals surface area contributed by atoms with Crippen LogP contribution in [0.1, 0.15) is 23.7 Å². The van der Waals surface area contributed by atoms with Crippen molar-refractivity contribution < 1.29 is 4.79 Å². The molecule has 0 fully saturated rings. The van der Waals surface area contributed by atoms with E-state index >= 15 is 0 Å². The minimum Gasteiger partial charge on any atom is -0.294 e. The van der Waals surface area contributed by atoms with E-state index in [-0.39, 0.29) is 5.78 Å². The van der Waals surface area contributed by atoms with Gasteiger partial charge in [-0.3, -0.25) is 4.79 Å². The average molecular weight is 259 g/mol. The Morgan fingerprint density at radius 2 is 2.15 bits per heavy atom. The Balaban J connectivity index is 3.08. The maximum absolute atomic E-state index is 11.4. The number of carbonyl (C=O) groups is 1. The van der Waals surface area contributed by atoms with E-state index in [0.29, 0.717) is 6.42 Å². The van der Waals surface area contributed by atoms with E-state index in [1.165, 1.54) is 0 Å². The zero-order valence-corrected chi connectivity index (χ0v) is 10.0. The quantitative estimate of drug-likeness (QED) is 0.607. The monoisotopic (exact) mass is 258 g/mol. The van der Waals surface area contributed by atoms with E-state index in [2.05, 4.69) is 15.9 Å². The van der Waals surface area contributed by atoms with Crippen LogP contribution in [-0.4, -0.2) is 12.0 Å². The van der Waals surface area contributed by atoms with Crippen molar-refractivity contribution in [3.8, 4) is 0 Å². The van der Waals surface area contributed by atoms with E-state index in [9.17, 15) is 4.79 Å². The molecular formula is C10H11BrOS. The van der Waals surface area contributed by atoms with Crippen LogP contribution in [0.4, 0.5) is 0 Å². The maximum atomic E-state index is 11.4. The Kier molecular flexibility index (Phi) is 4.00. The maximum Gasteiger partial charge on any atom is 0.162 e. The molecule has 0 aromatic heterocycles. The molecule has 0 unspecified atom stereocenters. The molecule has 0 atom stereocenters. The molecule has 0 spiro atoms. The summed E-state index contributed by atoms with van der Waals surface area (Å²) in [5.74, 6) is 0.191. The molecule has 0 saturated carbocycles. The Bertz CT molecular complexity index is 323. The number of carbonyl (C=O) groups excluding carboxylic acids is 1. The lowest BCUT2D eigenvalue weighted by atomic mass is 10.1. The van der Waals surface area contributed by atoms with Crippen LogP contribution < -0.4 is 0 Å². The lowest BCUT2D eigenvalue weighted by Gasteiger charge is -2.02. The summed E-state index contributed by atoms with van der Waals surface area (Å²) in [6.07, 6.45) is 2.56. The molecule has 0 aliphatic heterocycles. The number of hydrogen-bond acceptors (Lipinski definition) is 2. The molecule has 0 aliphatic rings. The van der Waals surface area contributed by atoms with Crippen molar-refractivity contribution in [2.24, 2.45) is 0 Å². The molecule has 1 aromatic rings. The number of ketones is 1. The normalized spacial score (nSPS) is 10.1. The Morgan fingerprint density at radius 3 is 2.69 bits per heavy atom. The molecule has 3 heteroatoms. The molecule has 0 aliphatic carbocycles. The smallest absolute Gasteiger partial charge is 0.162 e. The molecule has 0 amide bonds. The summed E-state index contributed by atoms with van der Waals surface area (Å²) in [4.78, 5) is 12.5. The van der Waals surface area contributed by atoms with Crippen molar-refractivity contribution in [3.63, 3.8) is 0 Å². The number of thioether (sulfide) groups is 1. The van der Waals surface area contributed by atoms with Gasteiger partial charge < -0.3 is 0 Å². The largest absolute Gasteiger partial charge is 0.294 e. The van der Waals surface area contributed by atoms with Gasteiger partial charge in [-0.15, -0.1) is 11.8 Å². The van der Waals surface area contributed by atoms with Crippen molar-refractivity contribution in [1.82, 2.24) is 0 Å². The van der Waals surface area contributed by atoms with Crippen molar-refractivity contribution in [3.05, 3.63) is 28.2 Å². The number of hydrogen-bond donors (Lipinski definition) is 0. The van der Waals surface area contributed by atoms with Crippen LogP contribution in [0.15, 0.2) is 27.6 Å². The summed E-state index contributed by atoms with van der Waals surface area (Å²) in [6.45, 7) is 1.88. The SMILES string of the molecule is CCC(=O)c1cc(Br)cc(SC)c1. The van der Waals surface area contributed by atoms with Crippen molar-refractivity contribution in [2.45, 2.75) is 18.2 Å². The van der Waals surface area contributed by atoms with Crippen LogP contribution >= 0.6 is 27.7 Å². The van der Waals surface area contributed by atoms with Crippen molar-refractivity contribution >= 4 is 33.5 Å². The fourth-order valence-electron chi connectivity index (χ4n) is 1.05. The fourth-order valence-corrected chi connectivity index (χ4v) is 2.18. The van der Waals surface area contributed by atoms with Gasteiger partial charge in [0.1, 0.15) is 0 Å².